The lowest BCUT2D eigenvalue weighted by atomic mass is 10.1. The van der Waals surface area contributed by atoms with Crippen molar-refractivity contribution in [1.29, 1.82) is 0 Å². The van der Waals surface area contributed by atoms with Crippen molar-refractivity contribution < 1.29 is 28.3 Å². The SMILES string of the molecule is COc1cc(/C=N/NC(=O)c2ccc(COc3ccc(-n4c(C)ccc4C)cc3)o2)c([N+](=O)[O-])cc1OC. The second kappa shape index (κ2) is 11.3. The number of aryl methyl sites for hydroxylation is 2. The van der Waals surface area contributed by atoms with Crippen LogP contribution < -0.4 is 19.6 Å². The van der Waals surface area contributed by atoms with E-state index < -0.39 is 10.8 Å². The third-order valence-electron chi connectivity index (χ3n) is 5.73. The van der Waals surface area contributed by atoms with Gasteiger partial charge in [-0.3, -0.25) is 14.9 Å². The molecule has 0 unspecified atom stereocenters. The van der Waals surface area contributed by atoms with E-state index in [1.54, 1.807) is 6.07 Å². The first-order valence-electron chi connectivity index (χ1n) is 11.5. The minimum Gasteiger partial charge on any atom is -0.493 e. The molecule has 0 saturated carbocycles. The molecule has 2 aromatic carbocycles. The topological polar surface area (TPSA) is 130 Å². The highest BCUT2D eigenvalue weighted by atomic mass is 16.6. The molecule has 0 atom stereocenters. The maximum atomic E-state index is 12.4. The van der Waals surface area contributed by atoms with Gasteiger partial charge in [0, 0.05) is 17.1 Å². The highest BCUT2D eigenvalue weighted by molar-refractivity contribution is 5.93. The number of benzene rings is 2. The standard InChI is InChI=1S/C27H26N4O7/c1-17-5-6-18(2)30(17)20-7-9-21(10-8-20)37-16-22-11-12-24(38-22)27(32)29-28-15-19-13-25(35-3)26(36-4)14-23(19)31(33)34/h5-15H,16H2,1-4H3,(H,29,32)/b28-15+. The number of nitrogens with zero attached hydrogens (tertiary/aromatic N) is 3. The lowest BCUT2D eigenvalue weighted by Crippen LogP contribution is -2.17. The molecule has 38 heavy (non-hydrogen) atoms. The van der Waals surface area contributed by atoms with Crippen LogP contribution in [0.4, 0.5) is 5.69 Å². The molecule has 1 amide bonds. The van der Waals surface area contributed by atoms with Crippen molar-refractivity contribution in [2.24, 2.45) is 5.10 Å². The van der Waals surface area contributed by atoms with E-state index in [0.29, 0.717) is 11.5 Å². The molecular weight excluding hydrogens is 492 g/mol. The minimum absolute atomic E-state index is 0.0106. The number of furan rings is 1. The largest absolute Gasteiger partial charge is 0.493 e. The van der Waals surface area contributed by atoms with E-state index in [4.69, 9.17) is 18.6 Å². The molecule has 0 bridgehead atoms. The van der Waals surface area contributed by atoms with Crippen molar-refractivity contribution in [2.75, 3.05) is 14.2 Å². The number of nitrogens with one attached hydrogen (secondary N) is 1. The summed E-state index contributed by atoms with van der Waals surface area (Å²) in [6.07, 6.45) is 1.14. The number of carbonyl (C=O) groups is 1. The van der Waals surface area contributed by atoms with Gasteiger partial charge in [-0.25, -0.2) is 5.43 Å². The highest BCUT2D eigenvalue weighted by Crippen LogP contribution is 2.33. The van der Waals surface area contributed by atoms with Gasteiger partial charge < -0.3 is 23.2 Å². The molecule has 4 rings (SSSR count). The zero-order valence-electron chi connectivity index (χ0n) is 21.3. The number of hydrogen-bond donors (Lipinski definition) is 1. The molecule has 0 aliphatic heterocycles. The summed E-state index contributed by atoms with van der Waals surface area (Å²) in [6.45, 7) is 4.22. The molecule has 0 spiro atoms. The van der Waals surface area contributed by atoms with Crippen molar-refractivity contribution in [1.82, 2.24) is 9.99 Å². The van der Waals surface area contributed by atoms with Crippen LogP contribution in [0.2, 0.25) is 0 Å². The number of nitro benzene ring substituents is 1. The van der Waals surface area contributed by atoms with Gasteiger partial charge in [-0.1, -0.05) is 0 Å². The summed E-state index contributed by atoms with van der Waals surface area (Å²) >= 11 is 0. The van der Waals surface area contributed by atoms with Gasteiger partial charge in [0.25, 0.3) is 5.69 Å². The lowest BCUT2D eigenvalue weighted by Gasteiger charge is -2.10. The fourth-order valence-corrected chi connectivity index (χ4v) is 3.86. The molecule has 2 heterocycles. The van der Waals surface area contributed by atoms with E-state index >= 15 is 0 Å². The molecule has 11 nitrogen and oxygen atoms in total. The predicted octanol–water partition coefficient (Wildman–Crippen LogP) is 4.96. The molecule has 11 heteroatoms. The summed E-state index contributed by atoms with van der Waals surface area (Å²) in [5.74, 6) is 0.961. The Kier molecular flexibility index (Phi) is 7.76. The van der Waals surface area contributed by atoms with Crippen molar-refractivity contribution in [3.8, 4) is 22.9 Å². The Morgan fingerprint density at radius 3 is 2.32 bits per heavy atom. The zero-order chi connectivity index (χ0) is 27.2. The molecular formula is C27H26N4O7. The van der Waals surface area contributed by atoms with E-state index in [1.807, 2.05) is 38.1 Å². The van der Waals surface area contributed by atoms with Gasteiger partial charge >= 0.3 is 5.91 Å². The highest BCUT2D eigenvalue weighted by Gasteiger charge is 2.19. The third-order valence-corrected chi connectivity index (χ3v) is 5.73. The number of nitro groups is 1. The van der Waals surface area contributed by atoms with Gasteiger partial charge in [0.2, 0.25) is 0 Å². The number of carbonyl (C=O) groups excluding carboxylic acids is 1. The number of rotatable bonds is 10. The van der Waals surface area contributed by atoms with Gasteiger partial charge in [0.1, 0.15) is 18.1 Å². The molecule has 196 valence electrons. The van der Waals surface area contributed by atoms with E-state index in [2.05, 4.69) is 27.2 Å². The van der Waals surface area contributed by atoms with Crippen LogP contribution in [0.25, 0.3) is 5.69 Å². The van der Waals surface area contributed by atoms with Crippen LogP contribution in [0.1, 0.15) is 33.3 Å². The normalized spacial score (nSPS) is 10.9. The molecule has 0 aliphatic rings. The van der Waals surface area contributed by atoms with Gasteiger partial charge in [-0.15, -0.1) is 0 Å². The van der Waals surface area contributed by atoms with Crippen LogP contribution in [-0.2, 0) is 6.61 Å². The van der Waals surface area contributed by atoms with Crippen LogP contribution in [0.5, 0.6) is 17.2 Å². The summed E-state index contributed by atoms with van der Waals surface area (Å²) in [5.41, 5.74) is 5.48. The smallest absolute Gasteiger partial charge is 0.307 e. The lowest BCUT2D eigenvalue weighted by molar-refractivity contribution is -0.385. The predicted molar refractivity (Wildman–Crippen MR) is 140 cm³/mol. The monoisotopic (exact) mass is 518 g/mol. The first-order chi connectivity index (χ1) is 18.3. The third kappa shape index (κ3) is 5.67. The summed E-state index contributed by atoms with van der Waals surface area (Å²) in [7, 11) is 2.78. The van der Waals surface area contributed by atoms with E-state index in [-0.39, 0.29) is 35.1 Å². The first kappa shape index (κ1) is 26.0. The summed E-state index contributed by atoms with van der Waals surface area (Å²) in [5, 5.41) is 15.2. The second-order valence-corrected chi connectivity index (χ2v) is 8.22. The van der Waals surface area contributed by atoms with E-state index in [1.165, 1.54) is 32.4 Å². The van der Waals surface area contributed by atoms with E-state index in [0.717, 1.165) is 23.3 Å². The van der Waals surface area contributed by atoms with Gasteiger partial charge in [0.15, 0.2) is 17.3 Å². The maximum absolute atomic E-state index is 12.4. The molecule has 0 aliphatic carbocycles. The number of aromatic nitrogens is 1. The fraction of sp³-hybridized carbons (Fsp3) is 0.185. The summed E-state index contributed by atoms with van der Waals surface area (Å²) in [4.78, 5) is 23.3. The van der Waals surface area contributed by atoms with Gasteiger partial charge in [0.05, 0.1) is 37.0 Å². The van der Waals surface area contributed by atoms with Crippen LogP contribution in [0.3, 0.4) is 0 Å². The van der Waals surface area contributed by atoms with Crippen LogP contribution in [0.15, 0.2) is 70.2 Å². The van der Waals surface area contributed by atoms with Crippen LogP contribution in [-0.4, -0.2) is 35.8 Å². The number of amides is 1. The number of hydrazone groups is 1. The molecule has 0 radical (unpaired) electrons. The first-order valence-corrected chi connectivity index (χ1v) is 11.5. The Bertz CT molecular complexity index is 1470. The maximum Gasteiger partial charge on any atom is 0.307 e. The van der Waals surface area contributed by atoms with Crippen molar-refractivity contribution >= 4 is 17.8 Å². The molecule has 0 fully saturated rings. The Morgan fingerprint density at radius 1 is 1.03 bits per heavy atom. The number of ether oxygens (including phenoxy) is 3. The molecule has 0 saturated heterocycles. The number of methoxy groups -OCH3 is 2. The van der Waals surface area contributed by atoms with Crippen LogP contribution in [0, 0.1) is 24.0 Å². The second-order valence-electron chi connectivity index (χ2n) is 8.22. The van der Waals surface area contributed by atoms with Crippen molar-refractivity contribution in [3.63, 3.8) is 0 Å². The Hall–Kier alpha value is -5.06. The van der Waals surface area contributed by atoms with Crippen molar-refractivity contribution in [3.05, 3.63) is 99.2 Å². The fourth-order valence-electron chi connectivity index (χ4n) is 3.86. The van der Waals surface area contributed by atoms with Gasteiger partial charge in [-0.2, -0.15) is 5.10 Å². The average Bonchev–Trinajstić information content (AvgIpc) is 3.53. The molecule has 1 N–H and O–H groups in total. The Balaban J connectivity index is 1.36. The molecule has 4 aromatic rings. The average molecular weight is 519 g/mol. The quantitative estimate of drug-likeness (QED) is 0.178. The zero-order valence-corrected chi connectivity index (χ0v) is 21.3. The minimum atomic E-state index is -0.627. The number of hydrogen-bond acceptors (Lipinski definition) is 8. The van der Waals surface area contributed by atoms with Gasteiger partial charge in [-0.05, 0) is 68.4 Å². The van der Waals surface area contributed by atoms with E-state index in [9.17, 15) is 14.9 Å². The summed E-state index contributed by atoms with van der Waals surface area (Å²) in [6, 6.07) is 17.5. The summed E-state index contributed by atoms with van der Waals surface area (Å²) < 4.78 is 23.7. The Labute approximate surface area is 218 Å². The van der Waals surface area contributed by atoms with Crippen molar-refractivity contribution in [2.45, 2.75) is 20.5 Å². The molecule has 2 aromatic heterocycles. The van der Waals surface area contributed by atoms with Crippen LogP contribution >= 0.6 is 0 Å². The Morgan fingerprint density at radius 2 is 1.68 bits per heavy atom.